The van der Waals surface area contributed by atoms with E-state index in [0.717, 1.165) is 15.9 Å². The summed E-state index contributed by atoms with van der Waals surface area (Å²) in [6.45, 7) is 2.86. The molecule has 0 aliphatic carbocycles. The minimum Gasteiger partial charge on any atom is -0.497 e. The molecule has 8 nitrogen and oxygen atoms in total. The van der Waals surface area contributed by atoms with Crippen molar-refractivity contribution < 1.29 is 27.1 Å². The van der Waals surface area contributed by atoms with Gasteiger partial charge in [0.15, 0.2) is 0 Å². The molecule has 0 heterocycles. The van der Waals surface area contributed by atoms with E-state index in [0.29, 0.717) is 11.3 Å². The smallest absolute Gasteiger partial charge is 0.264 e. The van der Waals surface area contributed by atoms with Gasteiger partial charge in [-0.25, -0.2) is 12.8 Å². The number of sulfonamides is 1. The van der Waals surface area contributed by atoms with Gasteiger partial charge >= 0.3 is 0 Å². The number of benzene rings is 4. The van der Waals surface area contributed by atoms with Crippen molar-refractivity contribution in [2.75, 3.05) is 18.0 Å². The lowest BCUT2D eigenvalue weighted by Gasteiger charge is -2.34. The quantitative estimate of drug-likeness (QED) is 0.223. The van der Waals surface area contributed by atoms with Gasteiger partial charge in [-0.3, -0.25) is 13.9 Å². The highest BCUT2D eigenvalue weighted by atomic mass is 32.2. The number of carbonyl (C=O) groups is 2. The molecule has 4 rings (SSSR count). The predicted molar refractivity (Wildman–Crippen MR) is 168 cm³/mol. The van der Waals surface area contributed by atoms with Crippen LogP contribution in [0.1, 0.15) is 25.0 Å². The first-order valence-corrected chi connectivity index (χ1v) is 15.6. The Morgan fingerprint density at radius 2 is 1.45 bits per heavy atom. The van der Waals surface area contributed by atoms with Gasteiger partial charge in [0.2, 0.25) is 11.8 Å². The summed E-state index contributed by atoms with van der Waals surface area (Å²) in [5.41, 5.74) is 1.19. The number of nitrogens with zero attached hydrogens (tertiary/aromatic N) is 2. The Kier molecular flexibility index (Phi) is 10.7. The third-order valence-corrected chi connectivity index (χ3v) is 8.69. The van der Waals surface area contributed by atoms with E-state index in [-0.39, 0.29) is 29.6 Å². The molecule has 4 aromatic rings. The van der Waals surface area contributed by atoms with E-state index in [1.807, 2.05) is 44.2 Å². The predicted octanol–water partition coefficient (Wildman–Crippen LogP) is 5.19. The molecule has 0 radical (unpaired) electrons. The molecule has 0 saturated carbocycles. The van der Waals surface area contributed by atoms with E-state index in [2.05, 4.69) is 5.32 Å². The number of anilines is 1. The molecule has 0 spiro atoms. The number of para-hydroxylation sites is 1. The lowest BCUT2D eigenvalue weighted by atomic mass is 10.0. The molecule has 0 aliphatic heterocycles. The Morgan fingerprint density at radius 1 is 0.841 bits per heavy atom. The number of halogens is 1. The van der Waals surface area contributed by atoms with Crippen LogP contribution in [0.15, 0.2) is 114 Å². The standard InChI is InChI=1S/C34H36FN3O5S/c1-25(2)36-34(40)32(22-26-13-6-4-7-14-26)37(23-27-15-12-16-28(21-27)43-3)33(39)24-38(31-20-11-10-19-30(31)35)44(41,42)29-17-8-5-9-18-29/h4-21,25,32H,22-24H2,1-3H3,(H,36,40)/t32-/m1/s1. The number of carbonyl (C=O) groups excluding carboxylic acids is 2. The van der Waals surface area contributed by atoms with Gasteiger partial charge in [-0.1, -0.05) is 72.8 Å². The number of nitrogens with one attached hydrogen (secondary N) is 1. The fourth-order valence-corrected chi connectivity index (χ4v) is 6.23. The van der Waals surface area contributed by atoms with Crippen molar-refractivity contribution in [3.05, 3.63) is 126 Å². The average molecular weight is 618 g/mol. The maximum atomic E-state index is 15.2. The normalized spacial score (nSPS) is 11.9. The van der Waals surface area contributed by atoms with E-state index in [1.165, 1.54) is 42.3 Å². The largest absolute Gasteiger partial charge is 0.497 e. The van der Waals surface area contributed by atoms with E-state index in [1.54, 1.807) is 42.5 Å². The van der Waals surface area contributed by atoms with Gasteiger partial charge < -0.3 is 15.0 Å². The maximum Gasteiger partial charge on any atom is 0.264 e. The van der Waals surface area contributed by atoms with E-state index in [4.69, 9.17) is 4.74 Å². The highest BCUT2D eigenvalue weighted by Crippen LogP contribution is 2.27. The monoisotopic (exact) mass is 617 g/mol. The maximum absolute atomic E-state index is 15.2. The Morgan fingerprint density at radius 3 is 2.09 bits per heavy atom. The van der Waals surface area contributed by atoms with Crippen LogP contribution >= 0.6 is 0 Å². The molecule has 4 aromatic carbocycles. The minimum absolute atomic E-state index is 0.0322. The number of ether oxygens (including phenoxy) is 1. The zero-order valence-electron chi connectivity index (χ0n) is 24.9. The minimum atomic E-state index is -4.39. The summed E-state index contributed by atoms with van der Waals surface area (Å²) in [5.74, 6) is -1.34. The Balaban J connectivity index is 1.82. The van der Waals surface area contributed by atoms with Crippen molar-refractivity contribution in [1.82, 2.24) is 10.2 Å². The Hall–Kier alpha value is -4.70. The van der Waals surface area contributed by atoms with Crippen molar-refractivity contribution in [2.24, 2.45) is 0 Å². The third-order valence-electron chi connectivity index (χ3n) is 6.92. The van der Waals surface area contributed by atoms with Crippen LogP contribution in [0.2, 0.25) is 0 Å². The lowest BCUT2D eigenvalue weighted by molar-refractivity contribution is -0.140. The number of hydrogen-bond donors (Lipinski definition) is 1. The van der Waals surface area contributed by atoms with Crippen molar-refractivity contribution in [3.8, 4) is 5.75 Å². The van der Waals surface area contributed by atoms with Crippen LogP contribution in [0.5, 0.6) is 5.75 Å². The van der Waals surface area contributed by atoms with Crippen LogP contribution in [0, 0.1) is 5.82 Å². The second kappa shape index (κ2) is 14.7. The van der Waals surface area contributed by atoms with Crippen molar-refractivity contribution in [3.63, 3.8) is 0 Å². The average Bonchev–Trinajstić information content (AvgIpc) is 3.02. The molecule has 230 valence electrons. The number of amides is 2. The van der Waals surface area contributed by atoms with Gasteiger partial charge in [0.05, 0.1) is 17.7 Å². The zero-order valence-corrected chi connectivity index (χ0v) is 25.7. The SMILES string of the molecule is COc1cccc(CN(C(=O)CN(c2ccccc2F)S(=O)(=O)c2ccccc2)[C@H](Cc2ccccc2)C(=O)NC(C)C)c1. The third kappa shape index (κ3) is 8.02. The van der Waals surface area contributed by atoms with Gasteiger partial charge in [0, 0.05) is 19.0 Å². The summed E-state index contributed by atoms with van der Waals surface area (Å²) in [4.78, 5) is 29.4. The molecular formula is C34H36FN3O5S. The first-order chi connectivity index (χ1) is 21.1. The second-order valence-electron chi connectivity index (χ2n) is 10.5. The van der Waals surface area contributed by atoms with Gasteiger partial charge in [0.1, 0.15) is 24.2 Å². The molecule has 44 heavy (non-hydrogen) atoms. The van der Waals surface area contributed by atoms with E-state index in [9.17, 15) is 18.0 Å². The number of methoxy groups -OCH3 is 1. The fraction of sp³-hybridized carbons (Fsp3) is 0.235. The molecule has 0 bridgehead atoms. The molecule has 2 amide bonds. The molecule has 1 N–H and O–H groups in total. The highest BCUT2D eigenvalue weighted by Gasteiger charge is 2.35. The molecular weight excluding hydrogens is 581 g/mol. The molecule has 0 unspecified atom stereocenters. The van der Waals surface area contributed by atoms with Gasteiger partial charge in [-0.05, 0) is 61.4 Å². The van der Waals surface area contributed by atoms with Crippen molar-refractivity contribution in [2.45, 2.75) is 43.8 Å². The van der Waals surface area contributed by atoms with Crippen LogP contribution in [0.3, 0.4) is 0 Å². The van der Waals surface area contributed by atoms with Gasteiger partial charge in [0.25, 0.3) is 10.0 Å². The molecule has 0 aromatic heterocycles. The summed E-state index contributed by atoms with van der Waals surface area (Å²) in [5, 5.41) is 2.91. The van der Waals surface area contributed by atoms with Crippen LogP contribution in [-0.2, 0) is 32.6 Å². The molecule has 1 atom stereocenters. The molecule has 0 fully saturated rings. The second-order valence-corrected chi connectivity index (χ2v) is 12.4. The fourth-order valence-electron chi connectivity index (χ4n) is 4.79. The van der Waals surface area contributed by atoms with Gasteiger partial charge in [-0.15, -0.1) is 0 Å². The molecule has 0 saturated heterocycles. The Bertz CT molecular complexity index is 1670. The lowest BCUT2D eigenvalue weighted by Crippen LogP contribution is -2.54. The van der Waals surface area contributed by atoms with E-state index >= 15 is 4.39 Å². The van der Waals surface area contributed by atoms with Crippen LogP contribution in [0.4, 0.5) is 10.1 Å². The zero-order chi connectivity index (χ0) is 31.7. The first-order valence-electron chi connectivity index (χ1n) is 14.2. The van der Waals surface area contributed by atoms with E-state index < -0.39 is 40.2 Å². The number of rotatable bonds is 13. The molecule has 10 heteroatoms. The van der Waals surface area contributed by atoms with Crippen molar-refractivity contribution in [1.29, 1.82) is 0 Å². The van der Waals surface area contributed by atoms with Crippen molar-refractivity contribution >= 4 is 27.5 Å². The van der Waals surface area contributed by atoms with Crippen LogP contribution in [-0.4, -0.2) is 50.9 Å². The van der Waals surface area contributed by atoms with Crippen LogP contribution in [0.25, 0.3) is 0 Å². The summed E-state index contributed by atoms with van der Waals surface area (Å²) in [7, 11) is -2.86. The first kappa shape index (κ1) is 32.2. The van der Waals surface area contributed by atoms with Gasteiger partial charge in [-0.2, -0.15) is 0 Å². The summed E-state index contributed by atoms with van der Waals surface area (Å²) < 4.78 is 49.1. The summed E-state index contributed by atoms with van der Waals surface area (Å²) in [6, 6.07) is 28.0. The molecule has 0 aliphatic rings. The number of hydrogen-bond acceptors (Lipinski definition) is 5. The highest BCUT2D eigenvalue weighted by molar-refractivity contribution is 7.92. The summed E-state index contributed by atoms with van der Waals surface area (Å²) in [6.07, 6.45) is 0.167. The summed E-state index contributed by atoms with van der Waals surface area (Å²) >= 11 is 0. The Labute approximate surface area is 258 Å². The van der Waals surface area contributed by atoms with Crippen LogP contribution < -0.4 is 14.4 Å². The topological polar surface area (TPSA) is 96.0 Å².